The zero-order valence-electron chi connectivity index (χ0n) is 16.1. The van der Waals surface area contributed by atoms with Gasteiger partial charge in [-0.3, -0.25) is 9.69 Å². The maximum absolute atomic E-state index is 12.4. The van der Waals surface area contributed by atoms with Crippen LogP contribution in [0.15, 0.2) is 4.79 Å². The SMILES string of the molecule is CCCC(O)CN(CCC(C)C)Cc1nc2sc(C)c(C)c2c(=O)[nH]1. The van der Waals surface area contributed by atoms with E-state index in [-0.39, 0.29) is 11.7 Å². The van der Waals surface area contributed by atoms with Gasteiger partial charge in [0.15, 0.2) is 0 Å². The minimum Gasteiger partial charge on any atom is -0.392 e. The van der Waals surface area contributed by atoms with Crippen molar-refractivity contribution >= 4 is 21.6 Å². The zero-order chi connectivity index (χ0) is 18.6. The lowest BCUT2D eigenvalue weighted by Gasteiger charge is -2.25. The molecule has 2 heterocycles. The number of H-pyrrole nitrogens is 1. The van der Waals surface area contributed by atoms with Gasteiger partial charge in [0.05, 0.1) is 18.0 Å². The molecule has 0 aromatic carbocycles. The summed E-state index contributed by atoms with van der Waals surface area (Å²) in [6, 6.07) is 0. The Hall–Kier alpha value is -1.24. The van der Waals surface area contributed by atoms with E-state index < -0.39 is 0 Å². The molecule has 0 spiro atoms. The van der Waals surface area contributed by atoms with Crippen LogP contribution in [0.2, 0.25) is 0 Å². The lowest BCUT2D eigenvalue weighted by atomic mass is 10.1. The van der Waals surface area contributed by atoms with Crippen molar-refractivity contribution in [3.8, 4) is 0 Å². The standard InChI is InChI=1S/C19H31N3O2S/c1-6-7-15(23)10-22(9-8-12(2)3)11-16-20-18(24)17-13(4)14(5)25-19(17)21-16/h12,15,23H,6-11H2,1-5H3,(H,20,21,24). The quantitative estimate of drug-likeness (QED) is 0.712. The lowest BCUT2D eigenvalue weighted by Crippen LogP contribution is -2.34. The number of thiophene rings is 1. The van der Waals surface area contributed by atoms with E-state index in [9.17, 15) is 9.90 Å². The van der Waals surface area contributed by atoms with E-state index in [1.165, 1.54) is 0 Å². The monoisotopic (exact) mass is 365 g/mol. The van der Waals surface area contributed by atoms with E-state index >= 15 is 0 Å². The summed E-state index contributed by atoms with van der Waals surface area (Å²) in [4.78, 5) is 24.2. The predicted molar refractivity (Wildman–Crippen MR) is 105 cm³/mol. The molecular weight excluding hydrogens is 334 g/mol. The summed E-state index contributed by atoms with van der Waals surface area (Å²) in [7, 11) is 0. The summed E-state index contributed by atoms with van der Waals surface area (Å²) in [5, 5.41) is 10.9. The third-order valence-electron chi connectivity index (χ3n) is 4.58. The van der Waals surface area contributed by atoms with Gasteiger partial charge in [-0.2, -0.15) is 0 Å². The highest BCUT2D eigenvalue weighted by Crippen LogP contribution is 2.25. The van der Waals surface area contributed by atoms with Gasteiger partial charge in [-0.15, -0.1) is 11.3 Å². The summed E-state index contributed by atoms with van der Waals surface area (Å²) in [6.07, 6.45) is 2.49. The summed E-state index contributed by atoms with van der Waals surface area (Å²) in [5.41, 5.74) is 0.968. The molecule has 2 N–H and O–H groups in total. The average Bonchev–Trinajstić information content (AvgIpc) is 2.80. The van der Waals surface area contributed by atoms with Crippen LogP contribution in [0.5, 0.6) is 0 Å². The molecule has 2 rings (SSSR count). The van der Waals surface area contributed by atoms with Crippen LogP contribution in [-0.2, 0) is 6.54 Å². The van der Waals surface area contributed by atoms with Gasteiger partial charge in [0, 0.05) is 11.4 Å². The Morgan fingerprint density at radius 3 is 2.64 bits per heavy atom. The van der Waals surface area contributed by atoms with Crippen molar-refractivity contribution in [2.75, 3.05) is 13.1 Å². The van der Waals surface area contributed by atoms with Crippen molar-refractivity contribution in [3.63, 3.8) is 0 Å². The molecule has 1 atom stereocenters. The highest BCUT2D eigenvalue weighted by molar-refractivity contribution is 7.18. The number of aliphatic hydroxyl groups excluding tert-OH is 1. The Kier molecular flexibility index (Phi) is 7.16. The van der Waals surface area contributed by atoms with Gasteiger partial charge < -0.3 is 10.1 Å². The van der Waals surface area contributed by atoms with E-state index in [4.69, 9.17) is 0 Å². The van der Waals surface area contributed by atoms with Crippen LogP contribution in [0.4, 0.5) is 0 Å². The number of aryl methyl sites for hydroxylation is 2. The fourth-order valence-electron chi connectivity index (χ4n) is 2.98. The summed E-state index contributed by atoms with van der Waals surface area (Å²) < 4.78 is 0. The Balaban J connectivity index is 2.21. The van der Waals surface area contributed by atoms with Crippen molar-refractivity contribution in [2.45, 2.75) is 66.5 Å². The molecule has 0 radical (unpaired) electrons. The normalized spacial score (nSPS) is 13.3. The number of hydrogen-bond acceptors (Lipinski definition) is 5. The highest BCUT2D eigenvalue weighted by atomic mass is 32.1. The largest absolute Gasteiger partial charge is 0.392 e. The molecule has 5 nitrogen and oxygen atoms in total. The van der Waals surface area contributed by atoms with Crippen LogP contribution in [0, 0.1) is 19.8 Å². The van der Waals surface area contributed by atoms with Gasteiger partial charge in [-0.25, -0.2) is 4.98 Å². The van der Waals surface area contributed by atoms with E-state index in [1.54, 1.807) is 11.3 Å². The van der Waals surface area contributed by atoms with Crippen molar-refractivity contribution in [1.82, 2.24) is 14.9 Å². The van der Waals surface area contributed by atoms with Crippen LogP contribution in [0.1, 0.15) is 56.3 Å². The van der Waals surface area contributed by atoms with Crippen LogP contribution in [0.3, 0.4) is 0 Å². The second-order valence-corrected chi connectivity index (χ2v) is 8.54. The van der Waals surface area contributed by atoms with E-state index in [0.29, 0.717) is 30.2 Å². The molecule has 1 unspecified atom stereocenters. The number of rotatable bonds is 9. The third-order valence-corrected chi connectivity index (χ3v) is 5.68. The maximum atomic E-state index is 12.4. The Labute approximate surface area is 154 Å². The lowest BCUT2D eigenvalue weighted by molar-refractivity contribution is 0.0968. The third kappa shape index (κ3) is 5.36. The molecule has 0 amide bonds. The smallest absolute Gasteiger partial charge is 0.259 e. The molecule has 0 saturated heterocycles. The van der Waals surface area contributed by atoms with Crippen LogP contribution >= 0.6 is 11.3 Å². The molecule has 2 aromatic heterocycles. The topological polar surface area (TPSA) is 69.2 Å². The first-order chi connectivity index (χ1) is 11.8. The molecule has 6 heteroatoms. The number of aromatic amines is 1. The van der Waals surface area contributed by atoms with Crippen molar-refractivity contribution in [2.24, 2.45) is 5.92 Å². The molecule has 0 saturated carbocycles. The zero-order valence-corrected chi connectivity index (χ0v) is 16.9. The number of fused-ring (bicyclic) bond motifs is 1. The van der Waals surface area contributed by atoms with Gasteiger partial charge >= 0.3 is 0 Å². The highest BCUT2D eigenvalue weighted by Gasteiger charge is 2.16. The molecule has 2 aromatic rings. The first-order valence-corrected chi connectivity index (χ1v) is 10.0. The van der Waals surface area contributed by atoms with Gasteiger partial charge in [-0.1, -0.05) is 27.2 Å². The molecule has 0 aliphatic rings. The van der Waals surface area contributed by atoms with Crippen molar-refractivity contribution in [1.29, 1.82) is 0 Å². The second-order valence-electron chi connectivity index (χ2n) is 7.34. The number of nitrogens with zero attached hydrogens (tertiary/aromatic N) is 2. The van der Waals surface area contributed by atoms with E-state index in [2.05, 4.69) is 35.6 Å². The molecule has 25 heavy (non-hydrogen) atoms. The Bertz CT molecular complexity index is 751. The summed E-state index contributed by atoms with van der Waals surface area (Å²) in [6.45, 7) is 12.5. The van der Waals surface area contributed by atoms with E-state index in [0.717, 1.165) is 41.1 Å². The number of aromatic nitrogens is 2. The molecule has 0 bridgehead atoms. The number of nitrogens with one attached hydrogen (secondary N) is 1. The Morgan fingerprint density at radius 1 is 1.28 bits per heavy atom. The first kappa shape index (κ1) is 20.1. The van der Waals surface area contributed by atoms with Crippen LogP contribution in [0.25, 0.3) is 10.2 Å². The van der Waals surface area contributed by atoms with Crippen LogP contribution < -0.4 is 5.56 Å². The molecular formula is C19H31N3O2S. The maximum Gasteiger partial charge on any atom is 0.259 e. The molecule has 0 aliphatic carbocycles. The van der Waals surface area contributed by atoms with Crippen molar-refractivity contribution < 1.29 is 5.11 Å². The van der Waals surface area contributed by atoms with Crippen LogP contribution in [-0.4, -0.2) is 39.2 Å². The fourth-order valence-corrected chi connectivity index (χ4v) is 4.03. The summed E-state index contributed by atoms with van der Waals surface area (Å²) >= 11 is 1.58. The Morgan fingerprint density at radius 2 is 2.00 bits per heavy atom. The minimum absolute atomic E-state index is 0.0558. The first-order valence-electron chi connectivity index (χ1n) is 9.21. The van der Waals surface area contributed by atoms with E-state index in [1.807, 2.05) is 13.8 Å². The predicted octanol–water partition coefficient (Wildman–Crippen LogP) is 3.61. The van der Waals surface area contributed by atoms with Gasteiger partial charge in [0.2, 0.25) is 0 Å². The van der Waals surface area contributed by atoms with Gasteiger partial charge in [0.1, 0.15) is 10.7 Å². The average molecular weight is 366 g/mol. The van der Waals surface area contributed by atoms with Gasteiger partial charge in [0.25, 0.3) is 5.56 Å². The molecule has 140 valence electrons. The fraction of sp³-hybridized carbons (Fsp3) is 0.684. The number of aliphatic hydroxyl groups is 1. The van der Waals surface area contributed by atoms with Gasteiger partial charge in [-0.05, 0) is 44.7 Å². The number of hydrogen-bond donors (Lipinski definition) is 2. The van der Waals surface area contributed by atoms with Crippen molar-refractivity contribution in [3.05, 3.63) is 26.6 Å². The minimum atomic E-state index is -0.334. The second kappa shape index (κ2) is 8.92. The molecule has 0 aliphatic heterocycles. The summed E-state index contributed by atoms with van der Waals surface area (Å²) in [5.74, 6) is 1.29. The molecule has 0 fully saturated rings.